The summed E-state index contributed by atoms with van der Waals surface area (Å²) in [4.78, 5) is 0. The lowest BCUT2D eigenvalue weighted by Gasteiger charge is -2.16. The van der Waals surface area contributed by atoms with E-state index < -0.39 is 0 Å². The monoisotopic (exact) mass is 856 g/mol. The molecule has 232 valence electrons. The van der Waals surface area contributed by atoms with Crippen LogP contribution in [0.25, 0.3) is 0 Å². The summed E-state index contributed by atoms with van der Waals surface area (Å²) in [6, 6.07) is 14.1. The minimum Gasteiger partial charge on any atom is -0.507 e. The first-order chi connectivity index (χ1) is 21.1. The highest BCUT2D eigenvalue weighted by atomic mass is 79.9. The molecule has 1 aliphatic rings. The van der Waals surface area contributed by atoms with E-state index in [9.17, 15) is 20.4 Å². The molecule has 0 spiro atoms. The first-order valence-electron chi connectivity index (χ1n) is 13.4. The highest BCUT2D eigenvalue weighted by Crippen LogP contribution is 2.35. The van der Waals surface area contributed by atoms with E-state index in [2.05, 4.69) is 63.7 Å². The van der Waals surface area contributed by atoms with Gasteiger partial charge in [-0.05, 0) is 48.5 Å². The van der Waals surface area contributed by atoms with Gasteiger partial charge in [0.05, 0.1) is 52.9 Å². The summed E-state index contributed by atoms with van der Waals surface area (Å²) in [5, 5.41) is 43.8. The normalized spacial score (nSPS) is 15.0. The van der Waals surface area contributed by atoms with Gasteiger partial charge in [0.2, 0.25) is 0 Å². The Morgan fingerprint density at radius 1 is 0.318 bits per heavy atom. The Morgan fingerprint density at radius 3 is 0.591 bits per heavy atom. The van der Waals surface area contributed by atoms with Crippen molar-refractivity contribution in [3.05, 3.63) is 111 Å². The van der Waals surface area contributed by atoms with Gasteiger partial charge in [-0.15, -0.1) is 0 Å². The molecule has 12 heteroatoms. The summed E-state index contributed by atoms with van der Waals surface area (Å²) in [7, 11) is 0. The molecule has 0 amide bonds. The first-order valence-corrected chi connectivity index (χ1v) is 16.6. The number of hydrogen-bond acceptors (Lipinski definition) is 8. The first kappa shape index (κ1) is 33.2. The number of fused-ring (bicyclic) bond motifs is 8. The minimum atomic E-state index is 0.0425. The lowest BCUT2D eigenvalue weighted by Crippen LogP contribution is -2.03. The Morgan fingerprint density at radius 2 is 0.455 bits per heavy atom. The van der Waals surface area contributed by atoms with E-state index in [1.807, 2.05) is 0 Å². The van der Waals surface area contributed by atoms with Crippen LogP contribution in [0.1, 0.15) is 44.5 Å². The zero-order valence-corrected chi connectivity index (χ0v) is 29.6. The zero-order valence-electron chi connectivity index (χ0n) is 23.2. The number of phenols is 4. The second-order valence-electron chi connectivity index (χ2n) is 10.3. The van der Waals surface area contributed by atoms with Crippen molar-refractivity contribution in [1.82, 2.24) is 0 Å². The van der Waals surface area contributed by atoms with Crippen molar-refractivity contribution in [1.29, 1.82) is 0 Å². The van der Waals surface area contributed by atoms with Crippen molar-refractivity contribution in [2.75, 3.05) is 0 Å². The highest BCUT2D eigenvalue weighted by Gasteiger charge is 2.17. The number of ether oxygens (including phenoxy) is 4. The summed E-state index contributed by atoms with van der Waals surface area (Å²) in [5.41, 5.74) is 4.36. The van der Waals surface area contributed by atoms with Crippen LogP contribution in [0.5, 0.6) is 23.0 Å². The van der Waals surface area contributed by atoms with Gasteiger partial charge in [0, 0.05) is 62.4 Å². The average Bonchev–Trinajstić information content (AvgIpc) is 2.97. The van der Waals surface area contributed by atoms with Crippen LogP contribution in [0.4, 0.5) is 0 Å². The number of halogens is 4. The molecular weight excluding hydrogens is 832 g/mol. The van der Waals surface area contributed by atoms with Crippen LogP contribution in [0.15, 0.2) is 66.4 Å². The van der Waals surface area contributed by atoms with Crippen LogP contribution in [0, 0.1) is 0 Å². The summed E-state index contributed by atoms with van der Waals surface area (Å²) in [5.74, 6) is 0.170. The third-order valence-corrected chi connectivity index (χ3v) is 8.82. The van der Waals surface area contributed by atoms with E-state index in [0.717, 1.165) is 17.9 Å². The van der Waals surface area contributed by atoms with Crippen LogP contribution in [-0.4, -0.2) is 20.4 Å². The Balaban J connectivity index is 1.45. The van der Waals surface area contributed by atoms with Crippen molar-refractivity contribution < 1.29 is 39.4 Å². The van der Waals surface area contributed by atoms with E-state index in [-0.39, 0.29) is 75.9 Å². The second kappa shape index (κ2) is 15.0. The SMILES string of the molecule is Oc1c2cc(Br)cc1COCc1cc(Br)cc(c1O)COCc1cc(Br)cc(c1O)COCc1cc(Br)cc(c1O)COC2. The number of benzene rings is 4. The van der Waals surface area contributed by atoms with E-state index in [1.165, 1.54) is 0 Å². The quantitative estimate of drug-likeness (QED) is 0.139. The number of phenolic OH excluding ortho intramolecular Hbond substituents is 4. The number of hydrogen-bond donors (Lipinski definition) is 4. The fourth-order valence-corrected chi connectivity index (χ4v) is 7.04. The van der Waals surface area contributed by atoms with Crippen molar-refractivity contribution in [2.45, 2.75) is 52.9 Å². The molecule has 0 fully saturated rings. The number of rotatable bonds is 0. The smallest absolute Gasteiger partial charge is 0.126 e. The average molecular weight is 860 g/mol. The zero-order chi connectivity index (χ0) is 31.4. The summed E-state index contributed by atoms with van der Waals surface area (Å²) in [6.45, 7) is 0.638. The van der Waals surface area contributed by atoms with Crippen LogP contribution < -0.4 is 0 Å². The highest BCUT2D eigenvalue weighted by molar-refractivity contribution is 9.11. The lowest BCUT2D eigenvalue weighted by atomic mass is 10.1. The summed E-state index contributed by atoms with van der Waals surface area (Å²) >= 11 is 14.0. The fraction of sp³-hybridized carbons (Fsp3) is 0.250. The molecule has 1 aliphatic heterocycles. The van der Waals surface area contributed by atoms with Crippen LogP contribution in [0.3, 0.4) is 0 Å². The molecule has 0 radical (unpaired) electrons. The second-order valence-corrected chi connectivity index (χ2v) is 13.9. The van der Waals surface area contributed by atoms with Gasteiger partial charge in [0.1, 0.15) is 23.0 Å². The van der Waals surface area contributed by atoms with Crippen molar-refractivity contribution in [2.24, 2.45) is 0 Å². The van der Waals surface area contributed by atoms with E-state index in [0.29, 0.717) is 44.5 Å². The van der Waals surface area contributed by atoms with E-state index in [4.69, 9.17) is 18.9 Å². The Kier molecular flexibility index (Phi) is 11.3. The molecule has 0 atom stereocenters. The van der Waals surface area contributed by atoms with Gasteiger partial charge in [-0.3, -0.25) is 0 Å². The Bertz CT molecular complexity index is 1330. The lowest BCUT2D eigenvalue weighted by molar-refractivity contribution is 0.0931. The van der Waals surface area contributed by atoms with Gasteiger partial charge in [0.25, 0.3) is 0 Å². The topological polar surface area (TPSA) is 118 Å². The van der Waals surface area contributed by atoms with Gasteiger partial charge < -0.3 is 39.4 Å². The third kappa shape index (κ3) is 8.16. The Labute approximate surface area is 288 Å². The Hall–Kier alpha value is -2.16. The largest absolute Gasteiger partial charge is 0.507 e. The molecule has 0 unspecified atom stereocenters. The molecule has 0 saturated carbocycles. The molecule has 8 nitrogen and oxygen atoms in total. The summed E-state index contributed by atoms with van der Waals surface area (Å²) in [6.07, 6.45) is 0. The third-order valence-electron chi connectivity index (χ3n) is 6.99. The van der Waals surface area contributed by atoms with E-state index >= 15 is 0 Å². The standard InChI is InChI=1S/C32H28Br4O8/c33-25-1-17-9-41-11-19-3-26(34)5-21(30(19)38)13-43-15-23-7-28(36)8-24(32(23)40)16-44-14-22-6-27(35)4-20(31(22)39)12-42-10-18(2-25)29(17)37/h1-8,37-40H,9-16H2. The number of aromatic hydroxyl groups is 4. The molecule has 5 rings (SSSR count). The molecule has 4 aromatic rings. The van der Waals surface area contributed by atoms with Gasteiger partial charge in [0.15, 0.2) is 0 Å². The molecule has 4 aromatic carbocycles. The van der Waals surface area contributed by atoms with Crippen molar-refractivity contribution >= 4 is 63.7 Å². The molecule has 0 saturated heterocycles. The molecule has 8 bridgehead atoms. The van der Waals surface area contributed by atoms with Crippen LogP contribution in [-0.2, 0) is 71.8 Å². The minimum absolute atomic E-state index is 0.0425. The van der Waals surface area contributed by atoms with Crippen molar-refractivity contribution in [3.8, 4) is 23.0 Å². The van der Waals surface area contributed by atoms with Crippen LogP contribution >= 0.6 is 63.7 Å². The van der Waals surface area contributed by atoms with Gasteiger partial charge in [-0.2, -0.15) is 0 Å². The molecule has 4 N–H and O–H groups in total. The fourth-order valence-electron chi connectivity index (χ4n) is 4.83. The molecule has 0 aliphatic carbocycles. The maximum Gasteiger partial charge on any atom is 0.126 e. The maximum atomic E-state index is 11.0. The van der Waals surface area contributed by atoms with Gasteiger partial charge in [-0.25, -0.2) is 0 Å². The molecular formula is C32H28Br4O8. The maximum absolute atomic E-state index is 11.0. The van der Waals surface area contributed by atoms with Gasteiger partial charge in [-0.1, -0.05) is 63.7 Å². The molecule has 1 heterocycles. The predicted octanol–water partition coefficient (Wildman–Crippen LogP) is 8.74. The van der Waals surface area contributed by atoms with Crippen molar-refractivity contribution in [3.63, 3.8) is 0 Å². The van der Waals surface area contributed by atoms with E-state index in [1.54, 1.807) is 48.5 Å². The predicted molar refractivity (Wildman–Crippen MR) is 177 cm³/mol. The molecule has 44 heavy (non-hydrogen) atoms. The summed E-state index contributed by atoms with van der Waals surface area (Å²) < 4.78 is 26.6. The van der Waals surface area contributed by atoms with Gasteiger partial charge >= 0.3 is 0 Å². The molecule has 0 aromatic heterocycles. The van der Waals surface area contributed by atoms with Crippen LogP contribution in [0.2, 0.25) is 0 Å².